The zero-order chi connectivity index (χ0) is 19.1. The summed E-state index contributed by atoms with van der Waals surface area (Å²) >= 11 is 0. The van der Waals surface area contributed by atoms with Gasteiger partial charge in [-0.1, -0.05) is 84.0 Å². The van der Waals surface area contributed by atoms with E-state index >= 15 is 0 Å². The Morgan fingerprint density at radius 3 is 1.41 bits per heavy atom. The molecular formula is C26H27N. The minimum absolute atomic E-state index is 0.141. The summed E-state index contributed by atoms with van der Waals surface area (Å²) in [7, 11) is 0. The average molecular weight is 354 g/mol. The maximum Gasteiger partial charge on any atom is 0.0620 e. The number of rotatable bonds is 0. The summed E-state index contributed by atoms with van der Waals surface area (Å²) in [6.45, 7) is 13.7. The molecule has 0 aliphatic carbocycles. The van der Waals surface area contributed by atoms with Crippen LogP contribution in [-0.2, 0) is 10.8 Å². The third-order valence-electron chi connectivity index (χ3n) is 6.05. The number of aromatic nitrogens is 1. The molecule has 0 saturated heterocycles. The lowest BCUT2D eigenvalue weighted by Gasteiger charge is -2.20. The third kappa shape index (κ3) is 2.24. The van der Waals surface area contributed by atoms with Crippen LogP contribution in [0.2, 0.25) is 0 Å². The van der Waals surface area contributed by atoms with Gasteiger partial charge >= 0.3 is 0 Å². The monoisotopic (exact) mass is 353 g/mol. The Hall–Kier alpha value is -2.54. The van der Waals surface area contributed by atoms with Crippen molar-refractivity contribution in [2.24, 2.45) is 0 Å². The van der Waals surface area contributed by atoms with E-state index in [0.29, 0.717) is 0 Å². The Labute approximate surface area is 160 Å². The van der Waals surface area contributed by atoms with Crippen molar-refractivity contribution in [1.29, 1.82) is 0 Å². The molecule has 0 amide bonds. The van der Waals surface area contributed by atoms with E-state index in [1.807, 2.05) is 0 Å². The molecule has 1 nitrogen and oxygen atoms in total. The van der Waals surface area contributed by atoms with E-state index in [9.17, 15) is 0 Å². The molecule has 27 heavy (non-hydrogen) atoms. The largest absolute Gasteiger partial charge is 0.308 e. The molecule has 3 aromatic carbocycles. The second-order valence-corrected chi connectivity index (χ2v) is 10.0. The van der Waals surface area contributed by atoms with E-state index in [1.165, 1.54) is 49.2 Å². The van der Waals surface area contributed by atoms with Gasteiger partial charge in [0.25, 0.3) is 0 Å². The van der Waals surface area contributed by atoms with Gasteiger partial charge in [0.1, 0.15) is 0 Å². The zero-order valence-corrected chi connectivity index (χ0v) is 17.1. The Balaban J connectivity index is 2.02. The molecule has 0 fully saturated rings. The molecule has 2 aromatic heterocycles. The maximum absolute atomic E-state index is 2.50. The number of para-hydroxylation sites is 1. The predicted octanol–water partition coefficient (Wildman–Crippen LogP) is 7.43. The topological polar surface area (TPSA) is 4.41 Å². The normalized spacial score (nSPS) is 13.6. The lowest BCUT2D eigenvalue weighted by molar-refractivity contribution is 0.591. The van der Waals surface area contributed by atoms with Gasteiger partial charge in [0.2, 0.25) is 0 Å². The number of fused-ring (bicyclic) bond motifs is 6. The second-order valence-electron chi connectivity index (χ2n) is 10.0. The molecule has 0 aliphatic rings. The highest BCUT2D eigenvalue weighted by Crippen LogP contribution is 2.41. The molecule has 136 valence electrons. The molecule has 2 heterocycles. The molecule has 0 radical (unpaired) electrons. The van der Waals surface area contributed by atoms with Crippen molar-refractivity contribution in [1.82, 2.24) is 4.40 Å². The third-order valence-corrected chi connectivity index (χ3v) is 6.05. The Morgan fingerprint density at radius 2 is 1.00 bits per heavy atom. The quantitative estimate of drug-likeness (QED) is 0.273. The maximum atomic E-state index is 2.50. The van der Waals surface area contributed by atoms with Crippen LogP contribution in [0.1, 0.15) is 52.7 Å². The summed E-state index contributed by atoms with van der Waals surface area (Å²) < 4.78 is 2.50. The first-order chi connectivity index (χ1) is 12.7. The summed E-state index contributed by atoms with van der Waals surface area (Å²) in [6.07, 6.45) is 0. The first-order valence-corrected chi connectivity index (χ1v) is 9.89. The molecule has 0 spiro atoms. The SMILES string of the molecule is CC(C)(C)c1ccc2c3cccc4c5ccc(C(C)(C)C)cc5n(c2c1)c34. The first-order valence-electron chi connectivity index (χ1n) is 9.89. The van der Waals surface area contributed by atoms with Crippen LogP contribution in [0.15, 0.2) is 54.6 Å². The van der Waals surface area contributed by atoms with E-state index in [2.05, 4.69) is 101 Å². The fraction of sp³-hybridized carbons (Fsp3) is 0.308. The lowest BCUT2D eigenvalue weighted by Crippen LogP contribution is -2.11. The molecule has 0 aliphatic heterocycles. The van der Waals surface area contributed by atoms with Gasteiger partial charge in [-0.05, 0) is 34.1 Å². The lowest BCUT2D eigenvalue weighted by atomic mass is 9.86. The van der Waals surface area contributed by atoms with Gasteiger partial charge in [0, 0.05) is 21.5 Å². The Kier molecular flexibility index (Phi) is 3.10. The zero-order valence-electron chi connectivity index (χ0n) is 17.1. The summed E-state index contributed by atoms with van der Waals surface area (Å²) in [5.74, 6) is 0. The van der Waals surface area contributed by atoms with E-state index in [-0.39, 0.29) is 10.8 Å². The molecular weight excluding hydrogens is 326 g/mol. The summed E-state index contributed by atoms with van der Waals surface area (Å²) in [5, 5.41) is 5.42. The second kappa shape index (κ2) is 5.04. The smallest absolute Gasteiger partial charge is 0.0620 e. The molecule has 0 N–H and O–H groups in total. The van der Waals surface area contributed by atoms with Gasteiger partial charge in [-0.2, -0.15) is 0 Å². The number of benzene rings is 3. The van der Waals surface area contributed by atoms with Crippen molar-refractivity contribution in [3.05, 3.63) is 65.7 Å². The number of hydrogen-bond donors (Lipinski definition) is 0. The van der Waals surface area contributed by atoms with Gasteiger partial charge in [-0.15, -0.1) is 0 Å². The van der Waals surface area contributed by atoms with Crippen molar-refractivity contribution >= 4 is 38.1 Å². The van der Waals surface area contributed by atoms with Crippen LogP contribution in [0.25, 0.3) is 38.1 Å². The van der Waals surface area contributed by atoms with Crippen molar-refractivity contribution < 1.29 is 0 Å². The van der Waals surface area contributed by atoms with Crippen LogP contribution in [0.5, 0.6) is 0 Å². The highest BCUT2D eigenvalue weighted by Gasteiger charge is 2.21. The molecule has 0 atom stereocenters. The van der Waals surface area contributed by atoms with Crippen LogP contribution in [-0.4, -0.2) is 4.40 Å². The highest BCUT2D eigenvalue weighted by molar-refractivity contribution is 6.23. The van der Waals surface area contributed by atoms with E-state index in [1.54, 1.807) is 0 Å². The van der Waals surface area contributed by atoms with Crippen LogP contribution in [0, 0.1) is 0 Å². The van der Waals surface area contributed by atoms with Crippen LogP contribution < -0.4 is 0 Å². The molecule has 5 aromatic rings. The van der Waals surface area contributed by atoms with E-state index < -0.39 is 0 Å². The highest BCUT2D eigenvalue weighted by atomic mass is 14.9. The molecule has 5 rings (SSSR count). The standard InChI is InChI=1S/C26H27N/c1-25(2,3)16-10-12-18-20-8-7-9-21-19-13-11-17(26(4,5)6)15-23(19)27(24(20)21)22(18)14-16/h7-15H,1-6H3. The van der Waals surface area contributed by atoms with Crippen molar-refractivity contribution in [3.8, 4) is 0 Å². The van der Waals surface area contributed by atoms with Gasteiger partial charge in [0.05, 0.1) is 16.6 Å². The van der Waals surface area contributed by atoms with Crippen LogP contribution in [0.4, 0.5) is 0 Å². The summed E-state index contributed by atoms with van der Waals surface area (Å²) in [4.78, 5) is 0. The molecule has 0 bridgehead atoms. The van der Waals surface area contributed by atoms with Crippen LogP contribution >= 0.6 is 0 Å². The van der Waals surface area contributed by atoms with E-state index in [4.69, 9.17) is 0 Å². The van der Waals surface area contributed by atoms with Crippen molar-refractivity contribution in [2.75, 3.05) is 0 Å². The molecule has 1 heteroatoms. The molecule has 0 saturated carbocycles. The van der Waals surface area contributed by atoms with Crippen LogP contribution in [0.3, 0.4) is 0 Å². The molecule has 0 unspecified atom stereocenters. The van der Waals surface area contributed by atoms with Gasteiger partial charge in [-0.25, -0.2) is 0 Å². The van der Waals surface area contributed by atoms with Crippen molar-refractivity contribution in [2.45, 2.75) is 52.4 Å². The first kappa shape index (κ1) is 16.6. The van der Waals surface area contributed by atoms with Gasteiger partial charge in [-0.3, -0.25) is 0 Å². The fourth-order valence-electron chi connectivity index (χ4n) is 4.41. The van der Waals surface area contributed by atoms with E-state index in [0.717, 1.165) is 0 Å². The van der Waals surface area contributed by atoms with Gasteiger partial charge in [0.15, 0.2) is 0 Å². The van der Waals surface area contributed by atoms with Gasteiger partial charge < -0.3 is 4.40 Å². The predicted molar refractivity (Wildman–Crippen MR) is 119 cm³/mol. The summed E-state index contributed by atoms with van der Waals surface area (Å²) in [6, 6.07) is 20.8. The minimum Gasteiger partial charge on any atom is -0.308 e. The average Bonchev–Trinajstić information content (AvgIpc) is 3.11. The minimum atomic E-state index is 0.141. The number of nitrogens with zero attached hydrogens (tertiary/aromatic N) is 1. The fourth-order valence-corrected chi connectivity index (χ4v) is 4.41. The summed E-state index contributed by atoms with van der Waals surface area (Å²) in [5.41, 5.74) is 7.07. The Bertz CT molecular complexity index is 1220. The Morgan fingerprint density at radius 1 is 0.556 bits per heavy atom. The number of hydrogen-bond acceptors (Lipinski definition) is 0. The van der Waals surface area contributed by atoms with Crippen molar-refractivity contribution in [3.63, 3.8) is 0 Å².